The third kappa shape index (κ3) is 18.6. The third-order valence-electron chi connectivity index (χ3n) is 4.81. The molecule has 0 aromatic heterocycles. The summed E-state index contributed by atoms with van der Waals surface area (Å²) >= 11 is 3.53. The summed E-state index contributed by atoms with van der Waals surface area (Å²) in [6, 6.07) is 0.780. The fourth-order valence-corrected chi connectivity index (χ4v) is 3.61. The van der Waals surface area contributed by atoms with Crippen LogP contribution in [0.25, 0.3) is 0 Å². The van der Waals surface area contributed by atoms with Crippen LogP contribution in [0.4, 0.5) is 0 Å². The highest BCUT2D eigenvalue weighted by Gasteiger charge is 2.07. The molecule has 0 spiro atoms. The Labute approximate surface area is 155 Å². The van der Waals surface area contributed by atoms with Gasteiger partial charge in [-0.3, -0.25) is 0 Å². The highest BCUT2D eigenvalue weighted by atomic mass is 79.9. The Morgan fingerprint density at radius 3 is 1.57 bits per heavy atom. The molecule has 0 aromatic rings. The highest BCUT2D eigenvalue weighted by molar-refractivity contribution is 9.09. The maximum Gasteiger partial charge on any atom is 0.00670 e. The molecule has 0 saturated heterocycles. The lowest BCUT2D eigenvalue weighted by Gasteiger charge is -2.19. The van der Waals surface area contributed by atoms with Crippen molar-refractivity contribution in [3.8, 4) is 0 Å². The predicted octanol–water partition coefficient (Wildman–Crippen LogP) is 7.62. The zero-order valence-electron chi connectivity index (χ0n) is 16.2. The molecule has 1 nitrogen and oxygen atoms in total. The number of rotatable bonds is 19. The van der Waals surface area contributed by atoms with Crippen LogP contribution in [0.5, 0.6) is 0 Å². The van der Waals surface area contributed by atoms with E-state index in [2.05, 4.69) is 35.1 Å². The van der Waals surface area contributed by atoms with Crippen LogP contribution in [-0.2, 0) is 0 Å². The van der Waals surface area contributed by atoms with E-state index in [4.69, 9.17) is 0 Å². The van der Waals surface area contributed by atoms with Gasteiger partial charge in [0.25, 0.3) is 0 Å². The molecule has 0 aromatic carbocycles. The summed E-state index contributed by atoms with van der Waals surface area (Å²) in [6.45, 7) is 5.81. The van der Waals surface area contributed by atoms with E-state index in [1.807, 2.05) is 0 Å². The van der Waals surface area contributed by atoms with E-state index in [0.717, 1.165) is 11.4 Å². The minimum Gasteiger partial charge on any atom is -0.314 e. The van der Waals surface area contributed by atoms with Crippen molar-refractivity contribution in [1.29, 1.82) is 0 Å². The third-order valence-corrected chi connectivity index (χ3v) is 5.37. The first kappa shape index (κ1) is 23.4. The van der Waals surface area contributed by atoms with Gasteiger partial charge in [-0.05, 0) is 32.2 Å². The van der Waals surface area contributed by atoms with Gasteiger partial charge in [-0.25, -0.2) is 0 Å². The zero-order valence-corrected chi connectivity index (χ0v) is 17.8. The molecule has 0 fully saturated rings. The molecular formula is C21H44BrN. The molecule has 0 aliphatic heterocycles. The van der Waals surface area contributed by atoms with Crippen LogP contribution in [0.15, 0.2) is 0 Å². The van der Waals surface area contributed by atoms with Gasteiger partial charge in [-0.1, -0.05) is 107 Å². The highest BCUT2D eigenvalue weighted by Crippen LogP contribution is 2.14. The Kier molecular flexibility index (Phi) is 20.9. The van der Waals surface area contributed by atoms with Gasteiger partial charge >= 0.3 is 0 Å². The lowest BCUT2D eigenvalue weighted by molar-refractivity contribution is 0.409. The van der Waals surface area contributed by atoms with Gasteiger partial charge in [0.05, 0.1) is 0 Å². The van der Waals surface area contributed by atoms with Crippen molar-refractivity contribution in [2.45, 2.75) is 123 Å². The van der Waals surface area contributed by atoms with Gasteiger partial charge in [0.2, 0.25) is 0 Å². The van der Waals surface area contributed by atoms with E-state index in [-0.39, 0.29) is 0 Å². The fraction of sp³-hybridized carbons (Fsp3) is 1.00. The minimum absolute atomic E-state index is 0.780. The average Bonchev–Trinajstić information content (AvgIpc) is 2.57. The monoisotopic (exact) mass is 389 g/mol. The van der Waals surface area contributed by atoms with Crippen LogP contribution < -0.4 is 5.32 Å². The maximum atomic E-state index is 3.84. The summed E-state index contributed by atoms with van der Waals surface area (Å²) in [4.78, 5) is 0. The summed E-state index contributed by atoms with van der Waals surface area (Å²) in [7, 11) is 0. The molecule has 0 aliphatic rings. The van der Waals surface area contributed by atoms with Crippen molar-refractivity contribution in [2.75, 3.05) is 11.9 Å². The van der Waals surface area contributed by atoms with E-state index < -0.39 is 0 Å². The Morgan fingerprint density at radius 2 is 1.09 bits per heavy atom. The van der Waals surface area contributed by atoms with E-state index >= 15 is 0 Å². The van der Waals surface area contributed by atoms with Gasteiger partial charge in [0.1, 0.15) is 0 Å². The SMILES string of the molecule is CCCCCCCCC(CCCCCCCC)NCCCCBr. The molecule has 1 N–H and O–H groups in total. The van der Waals surface area contributed by atoms with E-state index in [9.17, 15) is 0 Å². The average molecular weight is 390 g/mol. The molecule has 2 heteroatoms. The Bertz CT molecular complexity index is 192. The van der Waals surface area contributed by atoms with Crippen LogP contribution in [0.2, 0.25) is 0 Å². The van der Waals surface area contributed by atoms with E-state index in [1.165, 1.54) is 109 Å². The quantitative estimate of drug-likeness (QED) is 0.177. The van der Waals surface area contributed by atoms with Crippen molar-refractivity contribution in [2.24, 2.45) is 0 Å². The second kappa shape index (κ2) is 20.5. The zero-order chi connectivity index (χ0) is 17.0. The van der Waals surface area contributed by atoms with Crippen molar-refractivity contribution < 1.29 is 0 Å². The molecule has 0 radical (unpaired) electrons. The van der Waals surface area contributed by atoms with E-state index in [1.54, 1.807) is 0 Å². The molecule has 0 atom stereocenters. The number of alkyl halides is 1. The summed E-state index contributed by atoms with van der Waals surface area (Å²) in [5.41, 5.74) is 0. The lowest BCUT2D eigenvalue weighted by Crippen LogP contribution is -2.30. The molecule has 140 valence electrons. The summed E-state index contributed by atoms with van der Waals surface area (Å²) in [5, 5.41) is 4.98. The van der Waals surface area contributed by atoms with Crippen LogP contribution in [0, 0.1) is 0 Å². The van der Waals surface area contributed by atoms with Gasteiger partial charge < -0.3 is 5.32 Å². The number of hydrogen-bond acceptors (Lipinski definition) is 1. The number of nitrogens with one attached hydrogen (secondary N) is 1. The smallest absolute Gasteiger partial charge is 0.00670 e. The second-order valence-electron chi connectivity index (χ2n) is 7.16. The number of halogens is 1. The summed E-state index contributed by atoms with van der Waals surface area (Å²) < 4.78 is 0. The van der Waals surface area contributed by atoms with Crippen LogP contribution >= 0.6 is 15.9 Å². The first-order chi connectivity index (χ1) is 11.3. The molecule has 0 heterocycles. The Hall–Kier alpha value is 0.440. The second-order valence-corrected chi connectivity index (χ2v) is 7.95. The normalized spacial score (nSPS) is 11.5. The van der Waals surface area contributed by atoms with Crippen molar-refractivity contribution in [3.05, 3.63) is 0 Å². The number of unbranched alkanes of at least 4 members (excludes halogenated alkanes) is 11. The number of hydrogen-bond donors (Lipinski definition) is 1. The topological polar surface area (TPSA) is 12.0 Å². The fourth-order valence-electron chi connectivity index (χ4n) is 3.22. The maximum absolute atomic E-state index is 3.84. The van der Waals surface area contributed by atoms with Gasteiger partial charge in [-0.2, -0.15) is 0 Å². The van der Waals surface area contributed by atoms with Crippen LogP contribution in [0.1, 0.15) is 117 Å². The standard InChI is InChI=1S/C21H44BrN/c1-3-5-7-9-11-13-17-21(23-20-16-15-19-22)18-14-12-10-8-6-4-2/h21,23H,3-20H2,1-2H3. The molecule has 0 amide bonds. The largest absolute Gasteiger partial charge is 0.314 e. The lowest BCUT2D eigenvalue weighted by atomic mass is 10.00. The molecule has 0 aliphatic carbocycles. The van der Waals surface area contributed by atoms with Crippen molar-refractivity contribution >= 4 is 15.9 Å². The molecule has 0 unspecified atom stereocenters. The summed E-state index contributed by atoms with van der Waals surface area (Å²) in [5.74, 6) is 0. The van der Waals surface area contributed by atoms with Crippen LogP contribution in [-0.4, -0.2) is 17.9 Å². The molecule has 0 bridgehead atoms. The molecule has 0 rings (SSSR count). The first-order valence-electron chi connectivity index (χ1n) is 10.6. The molecular weight excluding hydrogens is 346 g/mol. The minimum atomic E-state index is 0.780. The van der Waals surface area contributed by atoms with E-state index in [0.29, 0.717) is 0 Å². The Balaban J connectivity index is 3.70. The Morgan fingerprint density at radius 1 is 0.609 bits per heavy atom. The first-order valence-corrected chi connectivity index (χ1v) is 11.8. The van der Waals surface area contributed by atoms with Gasteiger partial charge in [0.15, 0.2) is 0 Å². The van der Waals surface area contributed by atoms with Gasteiger partial charge in [0, 0.05) is 11.4 Å². The van der Waals surface area contributed by atoms with Crippen molar-refractivity contribution in [1.82, 2.24) is 5.32 Å². The molecule has 23 heavy (non-hydrogen) atoms. The molecule has 0 saturated carbocycles. The van der Waals surface area contributed by atoms with Gasteiger partial charge in [-0.15, -0.1) is 0 Å². The van der Waals surface area contributed by atoms with Crippen molar-refractivity contribution in [3.63, 3.8) is 0 Å². The summed E-state index contributed by atoms with van der Waals surface area (Å²) in [6.07, 6.45) is 22.5. The van der Waals surface area contributed by atoms with Crippen LogP contribution in [0.3, 0.4) is 0 Å². The predicted molar refractivity (Wildman–Crippen MR) is 111 cm³/mol.